The van der Waals surface area contributed by atoms with Gasteiger partial charge in [0, 0.05) is 27.6 Å². The molecule has 3 nitrogen and oxygen atoms in total. The van der Waals surface area contributed by atoms with Crippen molar-refractivity contribution in [1.29, 1.82) is 0 Å². The van der Waals surface area contributed by atoms with Crippen molar-refractivity contribution in [2.75, 3.05) is 0 Å². The van der Waals surface area contributed by atoms with Gasteiger partial charge in [0.15, 0.2) is 5.82 Å². The van der Waals surface area contributed by atoms with E-state index in [1.165, 1.54) is 15.5 Å². The molecule has 0 bridgehead atoms. The van der Waals surface area contributed by atoms with Gasteiger partial charge in [-0.2, -0.15) is 0 Å². The normalized spacial score (nSPS) is 11.3. The van der Waals surface area contributed by atoms with Gasteiger partial charge in [-0.25, -0.2) is 15.0 Å². The van der Waals surface area contributed by atoms with Crippen LogP contribution in [0, 0.1) is 0 Å². The third-order valence-electron chi connectivity index (χ3n) is 7.74. The lowest BCUT2D eigenvalue weighted by atomic mass is 9.93. The fourth-order valence-corrected chi connectivity index (χ4v) is 6.76. The molecule has 0 aliphatic rings. The number of hydrogen-bond donors (Lipinski definition) is 0. The largest absolute Gasteiger partial charge is 0.236 e. The van der Waals surface area contributed by atoms with Crippen molar-refractivity contribution in [2.45, 2.75) is 0 Å². The minimum atomic E-state index is 0.697. The Morgan fingerprint density at radius 3 is 1.53 bits per heavy atom. The van der Waals surface area contributed by atoms with Crippen molar-refractivity contribution in [1.82, 2.24) is 15.0 Å². The minimum Gasteiger partial charge on any atom is -0.236 e. The first-order chi connectivity index (χ1) is 21.3. The molecule has 43 heavy (non-hydrogen) atoms. The number of thiazole rings is 1. The van der Waals surface area contributed by atoms with Crippen LogP contribution < -0.4 is 0 Å². The number of benzene rings is 6. The molecule has 8 rings (SSSR count). The Kier molecular flexibility index (Phi) is 6.32. The smallest absolute Gasteiger partial charge is 0.161 e. The fourth-order valence-electron chi connectivity index (χ4n) is 5.67. The van der Waals surface area contributed by atoms with Gasteiger partial charge in [0.1, 0.15) is 5.01 Å². The molecule has 0 aliphatic carbocycles. The molecule has 0 saturated carbocycles. The van der Waals surface area contributed by atoms with Gasteiger partial charge >= 0.3 is 0 Å². The van der Waals surface area contributed by atoms with Crippen LogP contribution >= 0.6 is 11.3 Å². The van der Waals surface area contributed by atoms with Crippen LogP contribution in [0.3, 0.4) is 0 Å². The van der Waals surface area contributed by atoms with E-state index in [1.54, 1.807) is 11.3 Å². The van der Waals surface area contributed by atoms with E-state index in [0.29, 0.717) is 5.82 Å². The number of fused-ring (bicyclic) bond motifs is 3. The zero-order valence-electron chi connectivity index (χ0n) is 23.2. The van der Waals surface area contributed by atoms with Gasteiger partial charge in [0.2, 0.25) is 0 Å². The Morgan fingerprint density at radius 1 is 0.395 bits per heavy atom. The zero-order chi connectivity index (χ0) is 28.6. The monoisotopic (exact) mass is 567 g/mol. The molecule has 0 spiro atoms. The van der Waals surface area contributed by atoms with Crippen LogP contribution in [0.15, 0.2) is 152 Å². The van der Waals surface area contributed by atoms with Gasteiger partial charge in [-0.3, -0.25) is 0 Å². The lowest BCUT2D eigenvalue weighted by Gasteiger charge is -2.14. The van der Waals surface area contributed by atoms with Gasteiger partial charge in [-0.1, -0.05) is 140 Å². The summed E-state index contributed by atoms with van der Waals surface area (Å²) in [6, 6.07) is 52.5. The molecule has 202 valence electrons. The lowest BCUT2D eigenvalue weighted by Crippen LogP contribution is -1.97. The highest BCUT2D eigenvalue weighted by Crippen LogP contribution is 2.42. The predicted molar refractivity (Wildman–Crippen MR) is 180 cm³/mol. The van der Waals surface area contributed by atoms with Crippen molar-refractivity contribution in [3.8, 4) is 55.6 Å². The van der Waals surface area contributed by atoms with E-state index in [4.69, 9.17) is 15.0 Å². The van der Waals surface area contributed by atoms with Crippen molar-refractivity contribution >= 4 is 32.3 Å². The first kappa shape index (κ1) is 25.3. The summed E-state index contributed by atoms with van der Waals surface area (Å²) in [6.45, 7) is 0. The molecule has 0 atom stereocenters. The molecule has 0 unspecified atom stereocenters. The number of nitrogens with zero attached hydrogens (tertiary/aromatic N) is 3. The third kappa shape index (κ3) is 4.68. The molecule has 0 N–H and O–H groups in total. The number of rotatable bonds is 5. The van der Waals surface area contributed by atoms with Crippen LogP contribution in [0.1, 0.15) is 0 Å². The quantitative estimate of drug-likeness (QED) is 0.208. The highest BCUT2D eigenvalue weighted by atomic mass is 32.1. The molecular weight excluding hydrogens is 543 g/mol. The summed E-state index contributed by atoms with van der Waals surface area (Å²) in [7, 11) is 0. The van der Waals surface area contributed by atoms with Crippen molar-refractivity contribution < 1.29 is 0 Å². The summed E-state index contributed by atoms with van der Waals surface area (Å²) in [5, 5.41) is 3.42. The van der Waals surface area contributed by atoms with E-state index in [1.807, 2.05) is 42.5 Å². The average molecular weight is 568 g/mol. The molecule has 0 amide bonds. The third-order valence-corrected chi connectivity index (χ3v) is 8.89. The van der Waals surface area contributed by atoms with E-state index >= 15 is 0 Å². The van der Waals surface area contributed by atoms with Crippen LogP contribution in [-0.2, 0) is 0 Å². The maximum Gasteiger partial charge on any atom is 0.161 e. The van der Waals surface area contributed by atoms with Gasteiger partial charge in [-0.05, 0) is 28.6 Å². The molecule has 2 heterocycles. The second kappa shape index (κ2) is 10.8. The molecule has 2 aromatic heterocycles. The van der Waals surface area contributed by atoms with Crippen molar-refractivity contribution in [2.24, 2.45) is 0 Å². The zero-order valence-corrected chi connectivity index (χ0v) is 24.0. The van der Waals surface area contributed by atoms with E-state index in [0.717, 1.165) is 55.3 Å². The molecule has 8 aromatic rings. The second-order valence-electron chi connectivity index (χ2n) is 10.4. The molecule has 4 heteroatoms. The summed E-state index contributed by atoms with van der Waals surface area (Å²) in [6.07, 6.45) is 0. The maximum atomic E-state index is 5.15. The Morgan fingerprint density at radius 2 is 0.907 bits per heavy atom. The second-order valence-corrected chi connectivity index (χ2v) is 11.4. The summed E-state index contributed by atoms with van der Waals surface area (Å²) < 4.78 is 1.20. The standard InChI is InChI=1S/C39H25N3S/c1-4-14-26(15-5-1)34-25-35(27-16-6-2-7-17-27)41-38(40-34)32-23-13-11-21-30(32)33-24-36-37(31-22-12-10-20-29(31)33)43-39(42-36)28-18-8-3-9-19-28/h1-25H. The maximum absolute atomic E-state index is 5.15. The van der Waals surface area contributed by atoms with Crippen molar-refractivity contribution in [3.05, 3.63) is 152 Å². The highest BCUT2D eigenvalue weighted by Gasteiger charge is 2.18. The minimum absolute atomic E-state index is 0.697. The molecule has 0 fully saturated rings. The average Bonchev–Trinajstić information content (AvgIpc) is 3.54. The molecule has 0 radical (unpaired) electrons. The molecule has 0 saturated heterocycles. The molecular formula is C39H25N3S. The summed E-state index contributed by atoms with van der Waals surface area (Å²) in [5.41, 5.74) is 9.23. The summed E-state index contributed by atoms with van der Waals surface area (Å²) >= 11 is 1.75. The highest BCUT2D eigenvalue weighted by molar-refractivity contribution is 7.22. The van der Waals surface area contributed by atoms with E-state index in [-0.39, 0.29) is 0 Å². The Labute approximate surface area is 253 Å². The lowest BCUT2D eigenvalue weighted by molar-refractivity contribution is 1.18. The Hall–Kier alpha value is -5.45. The Balaban J connectivity index is 1.36. The van der Waals surface area contributed by atoms with Gasteiger partial charge in [-0.15, -0.1) is 11.3 Å². The van der Waals surface area contributed by atoms with Crippen molar-refractivity contribution in [3.63, 3.8) is 0 Å². The topological polar surface area (TPSA) is 38.7 Å². The van der Waals surface area contributed by atoms with Gasteiger partial charge in [0.05, 0.1) is 21.6 Å². The number of hydrogen-bond acceptors (Lipinski definition) is 4. The van der Waals surface area contributed by atoms with Gasteiger partial charge < -0.3 is 0 Å². The first-order valence-electron chi connectivity index (χ1n) is 14.3. The van der Waals surface area contributed by atoms with E-state index < -0.39 is 0 Å². The van der Waals surface area contributed by atoms with Crippen LogP contribution in [-0.4, -0.2) is 15.0 Å². The van der Waals surface area contributed by atoms with Gasteiger partial charge in [0.25, 0.3) is 0 Å². The van der Waals surface area contributed by atoms with Crippen LogP contribution in [0.25, 0.3) is 76.6 Å². The van der Waals surface area contributed by atoms with Crippen LogP contribution in [0.5, 0.6) is 0 Å². The molecule has 0 aliphatic heterocycles. The van der Waals surface area contributed by atoms with E-state index in [2.05, 4.69) is 109 Å². The molecule has 6 aromatic carbocycles. The van der Waals surface area contributed by atoms with Crippen LogP contribution in [0.4, 0.5) is 0 Å². The van der Waals surface area contributed by atoms with Crippen LogP contribution in [0.2, 0.25) is 0 Å². The first-order valence-corrected chi connectivity index (χ1v) is 15.1. The summed E-state index contributed by atoms with van der Waals surface area (Å²) in [5.74, 6) is 0.697. The Bertz CT molecular complexity index is 2170. The SMILES string of the molecule is c1ccc(-c2cc(-c3ccccc3)nc(-c3ccccc3-c3cc4nc(-c5ccccc5)sc4c4ccccc34)n2)cc1. The van der Waals surface area contributed by atoms with E-state index in [9.17, 15) is 0 Å². The number of aromatic nitrogens is 3. The summed E-state index contributed by atoms with van der Waals surface area (Å²) in [4.78, 5) is 15.4. The predicted octanol–water partition coefficient (Wildman–Crippen LogP) is 10.6. The fraction of sp³-hybridized carbons (Fsp3) is 0.